The van der Waals surface area contributed by atoms with Crippen molar-refractivity contribution >= 4 is 11.9 Å². The van der Waals surface area contributed by atoms with Crippen LogP contribution in [-0.2, 0) is 20.7 Å². The molecule has 0 aliphatic heterocycles. The van der Waals surface area contributed by atoms with Crippen molar-refractivity contribution in [2.75, 3.05) is 6.61 Å². The lowest BCUT2D eigenvalue weighted by molar-refractivity contribution is -0.148. The van der Waals surface area contributed by atoms with Crippen molar-refractivity contribution in [1.82, 2.24) is 10.3 Å². The molecule has 0 atom stereocenters. The van der Waals surface area contributed by atoms with Crippen LogP contribution in [0.1, 0.15) is 35.0 Å². The number of carbonyl (C=O) groups is 2. The number of amides is 1. The van der Waals surface area contributed by atoms with Gasteiger partial charge in [0, 0.05) is 12.0 Å². The van der Waals surface area contributed by atoms with Gasteiger partial charge in [-0.2, -0.15) is 0 Å². The molecule has 1 amide bonds. The van der Waals surface area contributed by atoms with Gasteiger partial charge in [0.05, 0.1) is 18.7 Å². The van der Waals surface area contributed by atoms with Crippen LogP contribution in [0, 0.1) is 6.92 Å². The van der Waals surface area contributed by atoms with E-state index in [2.05, 4.69) is 10.3 Å². The van der Waals surface area contributed by atoms with E-state index in [1.54, 1.807) is 6.20 Å². The Morgan fingerprint density at radius 2 is 1.53 bits per heavy atom. The number of hydrogen-bond donors (Lipinski definition) is 1. The fraction of sp³-hybridized carbons (Fsp3) is 0.179. The van der Waals surface area contributed by atoms with Crippen LogP contribution in [0.3, 0.4) is 0 Å². The molecule has 3 aromatic carbocycles. The molecule has 0 bridgehead atoms. The Labute approximate surface area is 198 Å². The summed E-state index contributed by atoms with van der Waals surface area (Å²) >= 11 is 0. The normalized spacial score (nSPS) is 10.8. The van der Waals surface area contributed by atoms with Crippen LogP contribution in [0.5, 0.6) is 0 Å². The summed E-state index contributed by atoms with van der Waals surface area (Å²) in [7, 11) is 0. The van der Waals surface area contributed by atoms with E-state index in [0.717, 1.165) is 22.3 Å². The van der Waals surface area contributed by atoms with Gasteiger partial charge in [0.2, 0.25) is 0 Å². The van der Waals surface area contributed by atoms with Gasteiger partial charge >= 0.3 is 5.97 Å². The number of aryl methyl sites for hydroxylation is 2. The zero-order chi connectivity index (χ0) is 23.8. The van der Waals surface area contributed by atoms with Gasteiger partial charge in [-0.25, -0.2) is 4.98 Å². The van der Waals surface area contributed by atoms with Crippen LogP contribution in [-0.4, -0.2) is 23.5 Å². The summed E-state index contributed by atoms with van der Waals surface area (Å²) in [6, 6.07) is 26.9. The standard InChI is InChI=1S/C28H26N2O4/c1-20-12-14-21(15-13-20)24-18-29-26(34-24)16-17-27(32)33-19-25(31)30-28(22-8-4-2-5-9-22)23-10-6-3-7-11-23/h2-15,18,28H,16-17,19H2,1H3,(H,30,31). The molecule has 1 heterocycles. The third kappa shape index (κ3) is 6.19. The summed E-state index contributed by atoms with van der Waals surface area (Å²) in [6.07, 6.45) is 2.01. The monoisotopic (exact) mass is 454 g/mol. The quantitative estimate of drug-likeness (QED) is 0.359. The second-order valence-corrected chi connectivity index (χ2v) is 7.97. The molecule has 172 valence electrons. The number of rotatable bonds is 9. The van der Waals surface area contributed by atoms with Gasteiger partial charge in [-0.05, 0) is 18.1 Å². The van der Waals surface area contributed by atoms with Gasteiger partial charge in [-0.3, -0.25) is 9.59 Å². The third-order valence-corrected chi connectivity index (χ3v) is 5.37. The lowest BCUT2D eigenvalue weighted by atomic mass is 9.99. The minimum atomic E-state index is -0.485. The average molecular weight is 455 g/mol. The van der Waals surface area contributed by atoms with E-state index in [1.807, 2.05) is 91.9 Å². The molecule has 4 rings (SSSR count). The molecule has 4 aromatic rings. The number of benzene rings is 3. The minimum absolute atomic E-state index is 0.0714. The summed E-state index contributed by atoms with van der Waals surface area (Å²) in [6.45, 7) is 1.67. The first-order valence-corrected chi connectivity index (χ1v) is 11.1. The molecule has 6 nitrogen and oxygen atoms in total. The molecule has 1 aromatic heterocycles. The van der Waals surface area contributed by atoms with E-state index in [9.17, 15) is 9.59 Å². The molecule has 34 heavy (non-hydrogen) atoms. The average Bonchev–Trinajstić information content (AvgIpc) is 3.35. The fourth-order valence-electron chi connectivity index (χ4n) is 3.56. The van der Waals surface area contributed by atoms with Crippen molar-refractivity contribution in [1.29, 1.82) is 0 Å². The van der Waals surface area contributed by atoms with Gasteiger partial charge in [-0.15, -0.1) is 0 Å². The number of ether oxygens (including phenoxy) is 1. The molecule has 0 radical (unpaired) electrons. The number of hydrogen-bond acceptors (Lipinski definition) is 5. The predicted molar refractivity (Wildman–Crippen MR) is 129 cm³/mol. The fourth-order valence-corrected chi connectivity index (χ4v) is 3.56. The van der Waals surface area contributed by atoms with Crippen molar-refractivity contribution < 1.29 is 18.7 Å². The Morgan fingerprint density at radius 3 is 2.15 bits per heavy atom. The molecule has 0 fully saturated rings. The van der Waals surface area contributed by atoms with Crippen LogP contribution >= 0.6 is 0 Å². The lowest BCUT2D eigenvalue weighted by Gasteiger charge is -2.19. The molecule has 1 N–H and O–H groups in total. The highest BCUT2D eigenvalue weighted by molar-refractivity contribution is 5.81. The highest BCUT2D eigenvalue weighted by Gasteiger charge is 2.18. The Kier molecular flexibility index (Phi) is 7.50. The minimum Gasteiger partial charge on any atom is -0.456 e. The number of nitrogens with one attached hydrogen (secondary N) is 1. The van der Waals surface area contributed by atoms with E-state index in [-0.39, 0.29) is 25.0 Å². The topological polar surface area (TPSA) is 81.4 Å². The highest BCUT2D eigenvalue weighted by atomic mass is 16.5. The maximum absolute atomic E-state index is 12.5. The summed E-state index contributed by atoms with van der Waals surface area (Å²) in [5.74, 6) is 0.242. The predicted octanol–water partition coefficient (Wildman–Crippen LogP) is 5.03. The third-order valence-electron chi connectivity index (χ3n) is 5.37. The molecule has 0 saturated carbocycles. The first kappa shape index (κ1) is 23.0. The molecule has 0 saturated heterocycles. The lowest BCUT2D eigenvalue weighted by Crippen LogP contribution is -2.33. The summed E-state index contributed by atoms with van der Waals surface area (Å²) in [4.78, 5) is 29.0. The van der Waals surface area contributed by atoms with Crippen LogP contribution in [0.4, 0.5) is 0 Å². The van der Waals surface area contributed by atoms with Gasteiger partial charge in [0.15, 0.2) is 18.3 Å². The zero-order valence-corrected chi connectivity index (χ0v) is 18.9. The SMILES string of the molecule is Cc1ccc(-c2cnc(CCC(=O)OCC(=O)NC(c3ccccc3)c3ccccc3)o2)cc1. The second kappa shape index (κ2) is 11.1. The summed E-state index contributed by atoms with van der Waals surface area (Å²) in [5.41, 5.74) is 3.98. The Bertz CT molecular complexity index is 1180. The van der Waals surface area contributed by atoms with Gasteiger partial charge < -0.3 is 14.5 Å². The molecule has 0 unspecified atom stereocenters. The van der Waals surface area contributed by atoms with Gasteiger partial charge in [0.25, 0.3) is 5.91 Å². The van der Waals surface area contributed by atoms with Crippen LogP contribution in [0.25, 0.3) is 11.3 Å². The summed E-state index contributed by atoms with van der Waals surface area (Å²) in [5, 5.41) is 2.96. The van der Waals surface area contributed by atoms with Crippen molar-refractivity contribution in [3.63, 3.8) is 0 Å². The Morgan fingerprint density at radius 1 is 0.912 bits per heavy atom. The molecular formula is C28H26N2O4. The number of oxazole rings is 1. The number of esters is 1. The highest BCUT2D eigenvalue weighted by Crippen LogP contribution is 2.22. The first-order valence-electron chi connectivity index (χ1n) is 11.1. The van der Waals surface area contributed by atoms with Crippen molar-refractivity contribution in [3.8, 4) is 11.3 Å². The molecular weight excluding hydrogens is 428 g/mol. The van der Waals surface area contributed by atoms with Crippen molar-refractivity contribution in [3.05, 3.63) is 114 Å². The molecule has 0 aliphatic carbocycles. The number of aromatic nitrogens is 1. The molecule has 6 heteroatoms. The van der Waals surface area contributed by atoms with Crippen LogP contribution in [0.2, 0.25) is 0 Å². The van der Waals surface area contributed by atoms with E-state index in [0.29, 0.717) is 18.1 Å². The molecule has 0 aliphatic rings. The first-order chi connectivity index (χ1) is 16.6. The van der Waals surface area contributed by atoms with Crippen molar-refractivity contribution in [2.45, 2.75) is 25.8 Å². The second-order valence-electron chi connectivity index (χ2n) is 7.97. The zero-order valence-electron chi connectivity index (χ0n) is 18.9. The van der Waals surface area contributed by atoms with E-state index >= 15 is 0 Å². The maximum Gasteiger partial charge on any atom is 0.306 e. The van der Waals surface area contributed by atoms with Crippen LogP contribution in [0.15, 0.2) is 95.5 Å². The molecule has 0 spiro atoms. The summed E-state index contributed by atoms with van der Waals surface area (Å²) < 4.78 is 10.9. The smallest absolute Gasteiger partial charge is 0.306 e. The van der Waals surface area contributed by atoms with Gasteiger partial charge in [0.1, 0.15) is 0 Å². The number of carbonyl (C=O) groups excluding carboxylic acids is 2. The van der Waals surface area contributed by atoms with E-state index < -0.39 is 5.97 Å². The van der Waals surface area contributed by atoms with Crippen LogP contribution < -0.4 is 5.32 Å². The van der Waals surface area contributed by atoms with Crippen molar-refractivity contribution in [2.24, 2.45) is 0 Å². The van der Waals surface area contributed by atoms with Gasteiger partial charge in [-0.1, -0.05) is 90.5 Å². The Balaban J connectivity index is 1.28. The Hall–Kier alpha value is -4.19. The maximum atomic E-state index is 12.5. The van der Waals surface area contributed by atoms with E-state index in [1.165, 1.54) is 0 Å². The largest absolute Gasteiger partial charge is 0.456 e. The number of nitrogens with zero attached hydrogens (tertiary/aromatic N) is 1. The van der Waals surface area contributed by atoms with E-state index in [4.69, 9.17) is 9.15 Å².